The SMILES string of the molecule is Nc1ccccc1NC(=O)CCCCC(=O)NCc1cccc(-c2ccc([C@H]3O[C@@H](CSc4ccccc4C(=O)O)C[C@@H](c4ccc(CO)cc4)O3)cc2)c1. The highest BCUT2D eigenvalue weighted by atomic mass is 32.2. The molecule has 5 aromatic rings. The largest absolute Gasteiger partial charge is 0.478 e. The second kappa shape index (κ2) is 19.2. The number of benzene rings is 5. The Morgan fingerprint density at radius 1 is 0.745 bits per heavy atom. The number of thioether (sulfide) groups is 1. The average Bonchev–Trinajstić information content (AvgIpc) is 3.22. The molecule has 284 valence electrons. The molecule has 2 amide bonds. The summed E-state index contributed by atoms with van der Waals surface area (Å²) >= 11 is 1.46. The highest BCUT2D eigenvalue weighted by Gasteiger charge is 2.32. The van der Waals surface area contributed by atoms with E-state index in [4.69, 9.17) is 15.2 Å². The topological polar surface area (TPSA) is 160 Å². The predicted octanol–water partition coefficient (Wildman–Crippen LogP) is 8.28. The number of aliphatic hydroxyl groups excluding tert-OH is 1. The van der Waals surface area contributed by atoms with Crippen LogP contribution in [0.4, 0.5) is 11.4 Å². The summed E-state index contributed by atoms with van der Waals surface area (Å²) < 4.78 is 13.0. The third-order valence-electron chi connectivity index (χ3n) is 9.38. The first-order chi connectivity index (χ1) is 26.7. The van der Waals surface area contributed by atoms with Crippen LogP contribution in [-0.2, 0) is 32.2 Å². The first-order valence-corrected chi connectivity index (χ1v) is 19.3. The molecule has 6 rings (SSSR count). The molecule has 1 aliphatic rings. The van der Waals surface area contributed by atoms with Gasteiger partial charge < -0.3 is 36.1 Å². The maximum atomic E-state index is 12.6. The second-order valence-corrected chi connectivity index (χ2v) is 14.5. The molecule has 0 unspecified atom stereocenters. The zero-order valence-electron chi connectivity index (χ0n) is 30.4. The van der Waals surface area contributed by atoms with Crippen LogP contribution in [0.2, 0.25) is 0 Å². The molecule has 0 saturated carbocycles. The number of carboxylic acids is 1. The van der Waals surface area contributed by atoms with E-state index in [9.17, 15) is 24.6 Å². The van der Waals surface area contributed by atoms with Gasteiger partial charge in [0.05, 0.1) is 35.8 Å². The first kappa shape index (κ1) is 39.2. The number of hydrogen-bond donors (Lipinski definition) is 5. The number of unbranched alkanes of at least 4 members (excludes halogenated alkanes) is 1. The van der Waals surface area contributed by atoms with E-state index in [1.54, 1.807) is 24.3 Å². The van der Waals surface area contributed by atoms with E-state index in [0.717, 1.165) is 33.4 Å². The van der Waals surface area contributed by atoms with Crippen molar-refractivity contribution in [3.63, 3.8) is 0 Å². The van der Waals surface area contributed by atoms with Crippen molar-refractivity contribution in [3.8, 4) is 11.1 Å². The summed E-state index contributed by atoms with van der Waals surface area (Å²) in [7, 11) is 0. The Hall–Kier alpha value is -5.46. The maximum absolute atomic E-state index is 12.6. The van der Waals surface area contributed by atoms with Crippen molar-refractivity contribution in [2.24, 2.45) is 0 Å². The number of hydrogen-bond acceptors (Lipinski definition) is 8. The third-order valence-corrected chi connectivity index (χ3v) is 10.6. The summed E-state index contributed by atoms with van der Waals surface area (Å²) in [5.41, 5.74) is 12.9. The number of aliphatic hydroxyl groups is 1. The van der Waals surface area contributed by atoms with Gasteiger partial charge in [-0.25, -0.2) is 4.79 Å². The fourth-order valence-corrected chi connectivity index (χ4v) is 7.42. The van der Waals surface area contributed by atoms with Gasteiger partial charge in [0.15, 0.2) is 6.29 Å². The molecular weight excluding hydrogens is 715 g/mol. The van der Waals surface area contributed by atoms with Gasteiger partial charge in [0, 0.05) is 42.0 Å². The van der Waals surface area contributed by atoms with Gasteiger partial charge in [-0.3, -0.25) is 9.59 Å². The smallest absolute Gasteiger partial charge is 0.336 e. The van der Waals surface area contributed by atoms with Crippen LogP contribution in [-0.4, -0.2) is 39.9 Å². The Balaban J connectivity index is 1.04. The number of carbonyl (C=O) groups excluding carboxylic acids is 2. The molecular formula is C44H45N3O7S. The van der Waals surface area contributed by atoms with E-state index in [2.05, 4.69) is 16.7 Å². The van der Waals surface area contributed by atoms with Gasteiger partial charge in [-0.2, -0.15) is 0 Å². The van der Waals surface area contributed by atoms with Gasteiger partial charge in [-0.1, -0.05) is 91.0 Å². The lowest BCUT2D eigenvalue weighted by atomic mass is 9.99. The summed E-state index contributed by atoms with van der Waals surface area (Å²) in [6, 6.07) is 37.8. The van der Waals surface area contributed by atoms with Crippen LogP contribution in [0.15, 0.2) is 126 Å². The monoisotopic (exact) mass is 759 g/mol. The van der Waals surface area contributed by atoms with Crippen LogP contribution in [0.3, 0.4) is 0 Å². The number of aromatic carboxylic acids is 1. The number of anilines is 2. The van der Waals surface area contributed by atoms with E-state index in [-0.39, 0.29) is 36.2 Å². The lowest BCUT2D eigenvalue weighted by Gasteiger charge is -2.36. The third kappa shape index (κ3) is 11.1. The number of nitrogens with one attached hydrogen (secondary N) is 2. The standard InChI is InChI=1S/C44H45N3O7S/c45-37-11-2-3-12-38(37)47-42(50)15-6-5-14-41(49)46-26-30-8-7-9-34(24-30)31-20-22-33(23-21-31)44-53-35(28-55-40-13-4-1-10-36(40)43(51)52)25-39(54-44)32-18-16-29(27-48)17-19-32/h1-4,7-13,16-24,35,39,44,48H,5-6,14-15,25-28,45H2,(H,46,49)(H,47,50)(H,51,52)/t35-,39+,44+/m1/s1. The van der Waals surface area contributed by atoms with Crippen molar-refractivity contribution in [2.45, 2.75) is 68.6 Å². The van der Waals surface area contributed by atoms with Crippen LogP contribution in [0, 0.1) is 0 Å². The summed E-state index contributed by atoms with van der Waals surface area (Å²) in [6.07, 6.45) is 1.27. The van der Waals surface area contributed by atoms with E-state index in [1.807, 2.05) is 91.0 Å². The number of nitrogens with two attached hydrogens (primary N) is 1. The molecule has 1 aliphatic heterocycles. The van der Waals surface area contributed by atoms with Gasteiger partial charge in [-0.15, -0.1) is 11.8 Å². The number of amides is 2. The van der Waals surface area contributed by atoms with Crippen LogP contribution < -0.4 is 16.4 Å². The highest BCUT2D eigenvalue weighted by Crippen LogP contribution is 2.40. The van der Waals surface area contributed by atoms with Crippen molar-refractivity contribution < 1.29 is 34.1 Å². The summed E-state index contributed by atoms with van der Waals surface area (Å²) in [4.78, 5) is 37.3. The number of carbonyl (C=O) groups is 3. The summed E-state index contributed by atoms with van der Waals surface area (Å²) in [6.45, 7) is 0.346. The van der Waals surface area contributed by atoms with Crippen molar-refractivity contribution in [1.82, 2.24) is 5.32 Å². The minimum absolute atomic E-state index is 0.0424. The summed E-state index contributed by atoms with van der Waals surface area (Å²) in [5, 5.41) is 25.0. The fraction of sp³-hybridized carbons (Fsp3) is 0.250. The second-order valence-electron chi connectivity index (χ2n) is 13.4. The molecule has 1 fully saturated rings. The van der Waals surface area contributed by atoms with Crippen LogP contribution in [0.1, 0.15) is 77.1 Å². The Kier molecular flexibility index (Phi) is 13.7. The van der Waals surface area contributed by atoms with Crippen LogP contribution in [0.5, 0.6) is 0 Å². The number of carboxylic acid groups (broad SMARTS) is 1. The van der Waals surface area contributed by atoms with Gasteiger partial charge >= 0.3 is 5.97 Å². The summed E-state index contributed by atoms with van der Waals surface area (Å²) in [5.74, 6) is -0.623. The molecule has 1 saturated heterocycles. The van der Waals surface area contributed by atoms with Crippen molar-refractivity contribution in [1.29, 1.82) is 0 Å². The zero-order chi connectivity index (χ0) is 38.6. The Bertz CT molecular complexity index is 2070. The predicted molar refractivity (Wildman–Crippen MR) is 214 cm³/mol. The molecule has 0 aliphatic carbocycles. The molecule has 1 heterocycles. The number of rotatable bonds is 16. The van der Waals surface area contributed by atoms with Crippen LogP contribution >= 0.6 is 11.8 Å². The van der Waals surface area contributed by atoms with E-state index >= 15 is 0 Å². The minimum atomic E-state index is -0.966. The first-order valence-electron chi connectivity index (χ1n) is 18.3. The normalized spacial score (nSPS) is 16.6. The van der Waals surface area contributed by atoms with Gasteiger partial charge in [-0.05, 0) is 71.0 Å². The Morgan fingerprint density at radius 3 is 2.20 bits per heavy atom. The molecule has 3 atom stereocenters. The van der Waals surface area contributed by atoms with E-state index in [1.165, 1.54) is 11.8 Å². The van der Waals surface area contributed by atoms with Gasteiger partial charge in [0.1, 0.15) is 0 Å². The lowest BCUT2D eigenvalue weighted by molar-refractivity contribution is -0.245. The number of ether oxygens (including phenoxy) is 2. The Labute approximate surface area is 325 Å². The van der Waals surface area contributed by atoms with Crippen molar-refractivity contribution >= 4 is 40.9 Å². The zero-order valence-corrected chi connectivity index (χ0v) is 31.2. The highest BCUT2D eigenvalue weighted by molar-refractivity contribution is 7.99. The van der Waals surface area contributed by atoms with Crippen LogP contribution in [0.25, 0.3) is 11.1 Å². The van der Waals surface area contributed by atoms with E-state index < -0.39 is 12.3 Å². The molecule has 5 aromatic carbocycles. The van der Waals surface area contributed by atoms with Gasteiger partial charge in [0.2, 0.25) is 11.8 Å². The van der Waals surface area contributed by atoms with Crippen molar-refractivity contribution in [2.75, 3.05) is 16.8 Å². The molecule has 6 N–H and O–H groups in total. The molecule has 11 heteroatoms. The Morgan fingerprint density at radius 2 is 1.45 bits per heavy atom. The molecule has 0 radical (unpaired) electrons. The molecule has 55 heavy (non-hydrogen) atoms. The fourth-order valence-electron chi connectivity index (χ4n) is 6.35. The van der Waals surface area contributed by atoms with Gasteiger partial charge in [0.25, 0.3) is 0 Å². The van der Waals surface area contributed by atoms with E-state index in [0.29, 0.717) is 60.7 Å². The average molecular weight is 760 g/mol. The maximum Gasteiger partial charge on any atom is 0.336 e. The number of para-hydroxylation sites is 2. The molecule has 0 bridgehead atoms. The molecule has 0 spiro atoms. The quantitative estimate of drug-likeness (QED) is 0.0379. The molecule has 10 nitrogen and oxygen atoms in total. The lowest BCUT2D eigenvalue weighted by Crippen LogP contribution is -2.31. The molecule has 0 aromatic heterocycles. The van der Waals surface area contributed by atoms with Crippen molar-refractivity contribution in [3.05, 3.63) is 149 Å². The number of nitrogen functional groups attached to an aromatic ring is 1. The minimum Gasteiger partial charge on any atom is -0.478 e.